The second kappa shape index (κ2) is 6.65. The summed E-state index contributed by atoms with van der Waals surface area (Å²) in [5.74, 6) is 0. The SMILES string of the molecule is CCC1CNC(C)(CC)CN1Cc1cc(Cl)ccc1Cl. The Balaban J connectivity index is 2.17. The van der Waals surface area contributed by atoms with Crippen molar-refractivity contribution in [3.05, 3.63) is 33.8 Å². The van der Waals surface area contributed by atoms with Gasteiger partial charge in [0.25, 0.3) is 0 Å². The first-order valence-electron chi connectivity index (χ1n) is 7.40. The quantitative estimate of drug-likeness (QED) is 0.889. The van der Waals surface area contributed by atoms with Crippen molar-refractivity contribution >= 4 is 23.2 Å². The highest BCUT2D eigenvalue weighted by Gasteiger charge is 2.33. The molecule has 0 radical (unpaired) electrons. The Hall–Kier alpha value is -0.280. The van der Waals surface area contributed by atoms with Crippen molar-refractivity contribution in [2.24, 2.45) is 0 Å². The van der Waals surface area contributed by atoms with Crippen LogP contribution in [0.25, 0.3) is 0 Å². The molecule has 2 unspecified atom stereocenters. The van der Waals surface area contributed by atoms with Gasteiger partial charge in [-0.05, 0) is 43.5 Å². The van der Waals surface area contributed by atoms with E-state index in [-0.39, 0.29) is 5.54 Å². The summed E-state index contributed by atoms with van der Waals surface area (Å²) in [5, 5.41) is 5.25. The number of benzene rings is 1. The number of piperazine rings is 1. The van der Waals surface area contributed by atoms with Gasteiger partial charge in [0.1, 0.15) is 0 Å². The molecule has 2 nitrogen and oxygen atoms in total. The fraction of sp³-hybridized carbons (Fsp3) is 0.625. The van der Waals surface area contributed by atoms with E-state index < -0.39 is 0 Å². The molecule has 4 heteroatoms. The lowest BCUT2D eigenvalue weighted by molar-refractivity contribution is 0.0755. The van der Waals surface area contributed by atoms with Crippen LogP contribution in [0.4, 0.5) is 0 Å². The Morgan fingerprint density at radius 1 is 1.35 bits per heavy atom. The van der Waals surface area contributed by atoms with Crippen molar-refractivity contribution in [3.63, 3.8) is 0 Å². The lowest BCUT2D eigenvalue weighted by Crippen LogP contribution is -2.62. The van der Waals surface area contributed by atoms with Crippen molar-refractivity contribution < 1.29 is 0 Å². The number of halogens is 2. The first-order chi connectivity index (χ1) is 9.47. The number of hydrogen-bond donors (Lipinski definition) is 1. The van der Waals surface area contributed by atoms with Gasteiger partial charge >= 0.3 is 0 Å². The molecule has 0 aromatic heterocycles. The topological polar surface area (TPSA) is 15.3 Å². The average Bonchev–Trinajstić information content (AvgIpc) is 2.43. The molecular weight excluding hydrogens is 291 g/mol. The van der Waals surface area contributed by atoms with Crippen LogP contribution in [0.2, 0.25) is 10.0 Å². The molecule has 2 rings (SSSR count). The van der Waals surface area contributed by atoms with Crippen LogP contribution in [0, 0.1) is 0 Å². The fourth-order valence-electron chi connectivity index (χ4n) is 2.83. The highest BCUT2D eigenvalue weighted by molar-refractivity contribution is 6.33. The van der Waals surface area contributed by atoms with Gasteiger partial charge in [-0.1, -0.05) is 37.0 Å². The summed E-state index contributed by atoms with van der Waals surface area (Å²) in [6.07, 6.45) is 2.27. The minimum atomic E-state index is 0.191. The molecule has 1 aliphatic rings. The van der Waals surface area contributed by atoms with Gasteiger partial charge in [0.2, 0.25) is 0 Å². The number of nitrogens with one attached hydrogen (secondary N) is 1. The van der Waals surface area contributed by atoms with Crippen LogP contribution < -0.4 is 5.32 Å². The van der Waals surface area contributed by atoms with E-state index >= 15 is 0 Å². The van der Waals surface area contributed by atoms with Gasteiger partial charge in [0, 0.05) is 41.3 Å². The minimum absolute atomic E-state index is 0.191. The van der Waals surface area contributed by atoms with Crippen LogP contribution in [0.15, 0.2) is 18.2 Å². The van der Waals surface area contributed by atoms with Gasteiger partial charge in [-0.25, -0.2) is 0 Å². The minimum Gasteiger partial charge on any atom is -0.309 e. The van der Waals surface area contributed by atoms with E-state index in [2.05, 4.69) is 31.0 Å². The van der Waals surface area contributed by atoms with Crippen molar-refractivity contribution in [1.82, 2.24) is 10.2 Å². The molecule has 0 saturated carbocycles. The first kappa shape index (κ1) is 16.1. The van der Waals surface area contributed by atoms with Gasteiger partial charge in [-0.3, -0.25) is 4.90 Å². The highest BCUT2D eigenvalue weighted by atomic mass is 35.5. The summed E-state index contributed by atoms with van der Waals surface area (Å²) >= 11 is 12.4. The van der Waals surface area contributed by atoms with E-state index in [0.717, 1.165) is 48.1 Å². The Morgan fingerprint density at radius 2 is 2.10 bits per heavy atom. The monoisotopic (exact) mass is 314 g/mol. The molecule has 1 aromatic rings. The van der Waals surface area contributed by atoms with Crippen LogP contribution in [0.5, 0.6) is 0 Å². The molecule has 1 aliphatic heterocycles. The third-order valence-electron chi connectivity index (χ3n) is 4.47. The maximum atomic E-state index is 6.31. The van der Waals surface area contributed by atoms with E-state index in [1.54, 1.807) is 0 Å². The van der Waals surface area contributed by atoms with Gasteiger partial charge in [-0.15, -0.1) is 0 Å². The zero-order chi connectivity index (χ0) is 14.8. The molecular formula is C16H24Cl2N2. The molecule has 1 fully saturated rings. The Kier molecular flexibility index (Phi) is 5.36. The van der Waals surface area contributed by atoms with Crippen LogP contribution in [-0.4, -0.2) is 29.6 Å². The largest absolute Gasteiger partial charge is 0.309 e. The molecule has 112 valence electrons. The van der Waals surface area contributed by atoms with Gasteiger partial charge in [-0.2, -0.15) is 0 Å². The van der Waals surface area contributed by atoms with Crippen LogP contribution in [0.1, 0.15) is 39.2 Å². The maximum absolute atomic E-state index is 6.31. The summed E-state index contributed by atoms with van der Waals surface area (Å²) in [7, 11) is 0. The van der Waals surface area contributed by atoms with E-state index in [9.17, 15) is 0 Å². The number of rotatable bonds is 4. The summed E-state index contributed by atoms with van der Waals surface area (Å²) < 4.78 is 0. The molecule has 0 spiro atoms. The molecule has 0 aliphatic carbocycles. The van der Waals surface area contributed by atoms with Crippen molar-refractivity contribution in [2.75, 3.05) is 13.1 Å². The summed E-state index contributed by atoms with van der Waals surface area (Å²) in [6, 6.07) is 6.28. The van der Waals surface area contributed by atoms with Crippen LogP contribution >= 0.6 is 23.2 Å². The first-order valence-corrected chi connectivity index (χ1v) is 8.16. The van der Waals surface area contributed by atoms with Gasteiger partial charge < -0.3 is 5.32 Å². The Bertz CT molecular complexity index is 464. The zero-order valence-electron chi connectivity index (χ0n) is 12.5. The molecule has 0 bridgehead atoms. The van der Waals surface area contributed by atoms with Gasteiger partial charge in [0.05, 0.1) is 0 Å². The van der Waals surface area contributed by atoms with E-state index in [4.69, 9.17) is 23.2 Å². The van der Waals surface area contributed by atoms with E-state index in [1.807, 2.05) is 18.2 Å². The summed E-state index contributed by atoms with van der Waals surface area (Å²) in [6.45, 7) is 9.74. The third-order valence-corrected chi connectivity index (χ3v) is 5.07. The zero-order valence-corrected chi connectivity index (χ0v) is 14.1. The highest BCUT2D eigenvalue weighted by Crippen LogP contribution is 2.26. The molecule has 1 N–H and O–H groups in total. The molecule has 2 atom stereocenters. The average molecular weight is 315 g/mol. The molecule has 1 saturated heterocycles. The van der Waals surface area contributed by atoms with Crippen molar-refractivity contribution in [1.29, 1.82) is 0 Å². The normalized spacial score (nSPS) is 27.8. The molecule has 1 heterocycles. The summed E-state index contributed by atoms with van der Waals surface area (Å²) in [5.41, 5.74) is 1.31. The van der Waals surface area contributed by atoms with Crippen LogP contribution in [-0.2, 0) is 6.54 Å². The number of nitrogens with zero attached hydrogens (tertiary/aromatic N) is 1. The lowest BCUT2D eigenvalue weighted by Gasteiger charge is -2.46. The smallest absolute Gasteiger partial charge is 0.0452 e. The molecule has 20 heavy (non-hydrogen) atoms. The fourth-order valence-corrected chi connectivity index (χ4v) is 3.21. The van der Waals surface area contributed by atoms with Crippen LogP contribution in [0.3, 0.4) is 0 Å². The summed E-state index contributed by atoms with van der Waals surface area (Å²) in [4.78, 5) is 2.54. The molecule has 1 aromatic carbocycles. The lowest BCUT2D eigenvalue weighted by atomic mass is 9.92. The molecule has 0 amide bonds. The standard InChI is InChI=1S/C16H24Cl2N2/c1-4-14-9-19-16(3,5-2)11-20(14)10-12-8-13(17)6-7-15(12)18/h6-8,14,19H,4-5,9-11H2,1-3H3. The third kappa shape index (κ3) is 3.67. The van der Waals surface area contributed by atoms with E-state index in [1.165, 1.54) is 0 Å². The van der Waals surface area contributed by atoms with Crippen molar-refractivity contribution in [2.45, 2.75) is 51.7 Å². The Labute approximate surface area is 132 Å². The second-order valence-electron chi connectivity index (χ2n) is 6.00. The van der Waals surface area contributed by atoms with E-state index in [0.29, 0.717) is 6.04 Å². The number of hydrogen-bond acceptors (Lipinski definition) is 2. The second-order valence-corrected chi connectivity index (χ2v) is 6.84. The Morgan fingerprint density at radius 3 is 2.75 bits per heavy atom. The predicted molar refractivity (Wildman–Crippen MR) is 87.6 cm³/mol. The van der Waals surface area contributed by atoms with Gasteiger partial charge in [0.15, 0.2) is 0 Å². The van der Waals surface area contributed by atoms with Crippen molar-refractivity contribution in [3.8, 4) is 0 Å². The predicted octanol–water partition coefficient (Wildman–Crippen LogP) is 4.35. The maximum Gasteiger partial charge on any atom is 0.0452 e.